The molecular weight excluding hydrogens is 162 g/mol. The van der Waals surface area contributed by atoms with Crippen LogP contribution >= 0.6 is 0 Å². The Balaban J connectivity index is 3.24. The van der Waals surface area contributed by atoms with Crippen LogP contribution in [0.25, 0.3) is 0 Å². The van der Waals surface area contributed by atoms with Crippen LogP contribution in [-0.2, 0) is 0 Å². The largest absolute Gasteiger partial charge is 0.372 e. The quantitative estimate of drug-likeness (QED) is 0.687. The number of pyridine rings is 1. The van der Waals surface area contributed by atoms with E-state index in [0.717, 1.165) is 17.9 Å². The third-order valence-corrected chi connectivity index (χ3v) is 2.08. The van der Waals surface area contributed by atoms with Crippen molar-refractivity contribution in [2.45, 2.75) is 13.8 Å². The van der Waals surface area contributed by atoms with Gasteiger partial charge in [0, 0.05) is 19.8 Å². The van der Waals surface area contributed by atoms with E-state index in [1.54, 1.807) is 12.3 Å². The summed E-state index contributed by atoms with van der Waals surface area (Å²) in [6, 6.07) is 3.91. The molecule has 3 nitrogen and oxygen atoms in total. The van der Waals surface area contributed by atoms with Crippen molar-refractivity contribution in [1.82, 2.24) is 4.98 Å². The van der Waals surface area contributed by atoms with Crippen molar-refractivity contribution in [2.75, 3.05) is 18.5 Å². The molecule has 0 N–H and O–H groups in total. The molecule has 0 fully saturated rings. The predicted molar refractivity (Wildman–Crippen MR) is 52.6 cm³/mol. The topological polar surface area (TPSA) is 39.9 Å². The van der Waals surface area contributed by atoms with E-state index < -0.39 is 0 Å². The second kappa shape index (κ2) is 3.90. The zero-order chi connectivity index (χ0) is 9.84. The summed E-state index contributed by atoms with van der Waals surface area (Å²) < 4.78 is 0. The summed E-state index contributed by atoms with van der Waals surface area (Å²) in [5.74, 6) is 0. The average molecular weight is 175 g/mol. The Morgan fingerprint density at radius 2 is 2.31 bits per heavy atom. The second-order valence-corrected chi connectivity index (χ2v) is 2.92. The first-order valence-electron chi connectivity index (χ1n) is 4.27. The summed E-state index contributed by atoms with van der Waals surface area (Å²) in [4.78, 5) is 6.19. The summed E-state index contributed by atoms with van der Waals surface area (Å²) in [7, 11) is 1.96. The first kappa shape index (κ1) is 9.53. The van der Waals surface area contributed by atoms with Crippen LogP contribution in [0.5, 0.6) is 0 Å². The smallest absolute Gasteiger partial charge is 0.101 e. The highest BCUT2D eigenvalue weighted by atomic mass is 15.1. The maximum absolute atomic E-state index is 8.88. The van der Waals surface area contributed by atoms with E-state index in [4.69, 9.17) is 5.26 Å². The summed E-state index contributed by atoms with van der Waals surface area (Å²) in [6.07, 6.45) is 1.67. The Labute approximate surface area is 78.6 Å². The molecule has 1 aromatic rings. The Morgan fingerprint density at radius 1 is 1.62 bits per heavy atom. The molecular formula is C10H13N3. The maximum atomic E-state index is 8.88. The molecule has 3 heteroatoms. The van der Waals surface area contributed by atoms with E-state index in [1.807, 2.05) is 25.8 Å². The molecule has 1 aromatic heterocycles. The number of nitrogens with zero attached hydrogens (tertiary/aromatic N) is 3. The van der Waals surface area contributed by atoms with Crippen molar-refractivity contribution in [1.29, 1.82) is 5.26 Å². The van der Waals surface area contributed by atoms with Crippen LogP contribution in [0.4, 0.5) is 5.69 Å². The number of aromatic nitrogens is 1. The lowest BCUT2D eigenvalue weighted by atomic mass is 10.2. The highest BCUT2D eigenvalue weighted by molar-refractivity contribution is 5.61. The minimum Gasteiger partial charge on any atom is -0.372 e. The van der Waals surface area contributed by atoms with Crippen molar-refractivity contribution >= 4 is 5.69 Å². The van der Waals surface area contributed by atoms with Gasteiger partial charge in [-0.25, -0.2) is 0 Å². The van der Waals surface area contributed by atoms with Gasteiger partial charge in [-0.3, -0.25) is 4.98 Å². The van der Waals surface area contributed by atoms with Gasteiger partial charge in [0.25, 0.3) is 0 Å². The van der Waals surface area contributed by atoms with Gasteiger partial charge in [-0.1, -0.05) is 0 Å². The summed E-state index contributed by atoms with van der Waals surface area (Å²) >= 11 is 0. The highest BCUT2D eigenvalue weighted by Crippen LogP contribution is 2.20. The van der Waals surface area contributed by atoms with Crippen LogP contribution in [0.15, 0.2) is 12.3 Å². The first-order chi connectivity index (χ1) is 6.20. The first-order valence-corrected chi connectivity index (χ1v) is 4.27. The molecule has 0 aliphatic carbocycles. The highest BCUT2D eigenvalue weighted by Gasteiger charge is 2.08. The van der Waals surface area contributed by atoms with Gasteiger partial charge in [-0.05, 0) is 19.9 Å². The van der Waals surface area contributed by atoms with E-state index in [-0.39, 0.29) is 0 Å². The maximum Gasteiger partial charge on any atom is 0.101 e. The number of aryl methyl sites for hydroxylation is 1. The molecule has 0 aliphatic heterocycles. The molecule has 0 atom stereocenters. The molecule has 0 unspecified atom stereocenters. The SMILES string of the molecule is CCN(C)c1c(C#N)ccnc1C. The molecule has 13 heavy (non-hydrogen) atoms. The summed E-state index contributed by atoms with van der Waals surface area (Å²) in [6.45, 7) is 4.84. The monoisotopic (exact) mass is 175 g/mol. The van der Waals surface area contributed by atoms with Crippen molar-refractivity contribution in [3.63, 3.8) is 0 Å². The Bertz CT molecular complexity index is 339. The van der Waals surface area contributed by atoms with Gasteiger partial charge in [0.1, 0.15) is 6.07 Å². The lowest BCUT2D eigenvalue weighted by Gasteiger charge is -2.19. The lowest BCUT2D eigenvalue weighted by Crippen LogP contribution is -2.18. The molecule has 0 spiro atoms. The van der Waals surface area contributed by atoms with E-state index in [0.29, 0.717) is 5.56 Å². The zero-order valence-electron chi connectivity index (χ0n) is 8.20. The van der Waals surface area contributed by atoms with Crippen LogP contribution in [0.1, 0.15) is 18.2 Å². The van der Waals surface area contributed by atoms with Gasteiger partial charge in [0.15, 0.2) is 0 Å². The fourth-order valence-electron chi connectivity index (χ4n) is 1.29. The van der Waals surface area contributed by atoms with Gasteiger partial charge in [-0.15, -0.1) is 0 Å². The number of hydrogen-bond acceptors (Lipinski definition) is 3. The number of rotatable bonds is 2. The average Bonchev–Trinajstić information content (AvgIpc) is 2.16. The Hall–Kier alpha value is -1.56. The summed E-state index contributed by atoms with van der Waals surface area (Å²) in [5.41, 5.74) is 2.53. The fourth-order valence-corrected chi connectivity index (χ4v) is 1.29. The van der Waals surface area contributed by atoms with Crippen LogP contribution in [-0.4, -0.2) is 18.6 Å². The molecule has 0 aromatic carbocycles. The lowest BCUT2D eigenvalue weighted by molar-refractivity contribution is 0.945. The third-order valence-electron chi connectivity index (χ3n) is 2.08. The van der Waals surface area contributed by atoms with Crippen molar-refractivity contribution in [3.8, 4) is 6.07 Å². The Morgan fingerprint density at radius 3 is 2.85 bits per heavy atom. The number of anilines is 1. The van der Waals surface area contributed by atoms with Gasteiger partial charge in [0.2, 0.25) is 0 Å². The fraction of sp³-hybridized carbons (Fsp3) is 0.400. The molecule has 0 bridgehead atoms. The Kier molecular flexibility index (Phi) is 2.86. The van der Waals surface area contributed by atoms with Crippen LogP contribution < -0.4 is 4.90 Å². The third kappa shape index (κ3) is 1.78. The molecule has 0 radical (unpaired) electrons. The predicted octanol–water partition coefficient (Wildman–Crippen LogP) is 1.72. The minimum absolute atomic E-state index is 0.692. The van der Waals surface area contributed by atoms with Gasteiger partial charge in [0.05, 0.1) is 16.9 Å². The molecule has 68 valence electrons. The van der Waals surface area contributed by atoms with Crippen molar-refractivity contribution in [3.05, 3.63) is 23.5 Å². The number of nitriles is 1. The van der Waals surface area contributed by atoms with E-state index in [9.17, 15) is 0 Å². The second-order valence-electron chi connectivity index (χ2n) is 2.92. The van der Waals surface area contributed by atoms with Crippen molar-refractivity contribution in [2.24, 2.45) is 0 Å². The number of hydrogen-bond donors (Lipinski definition) is 0. The molecule has 0 aliphatic rings. The minimum atomic E-state index is 0.692. The molecule has 1 heterocycles. The van der Waals surface area contributed by atoms with Crippen LogP contribution in [0, 0.1) is 18.3 Å². The molecule has 0 saturated carbocycles. The van der Waals surface area contributed by atoms with Gasteiger partial charge in [-0.2, -0.15) is 5.26 Å². The normalized spacial score (nSPS) is 9.38. The molecule has 0 saturated heterocycles. The van der Waals surface area contributed by atoms with Crippen LogP contribution in [0.2, 0.25) is 0 Å². The summed E-state index contributed by atoms with van der Waals surface area (Å²) in [5, 5.41) is 8.88. The molecule has 0 amide bonds. The van der Waals surface area contributed by atoms with Gasteiger partial charge >= 0.3 is 0 Å². The van der Waals surface area contributed by atoms with Crippen molar-refractivity contribution < 1.29 is 0 Å². The van der Waals surface area contributed by atoms with E-state index in [1.165, 1.54) is 0 Å². The van der Waals surface area contributed by atoms with E-state index >= 15 is 0 Å². The standard InChI is InChI=1S/C10H13N3/c1-4-13(3)10-8(2)12-6-5-9(10)7-11/h5-6H,4H2,1-3H3. The van der Waals surface area contributed by atoms with Gasteiger partial charge < -0.3 is 4.90 Å². The zero-order valence-corrected chi connectivity index (χ0v) is 8.20. The van der Waals surface area contributed by atoms with Crippen LogP contribution in [0.3, 0.4) is 0 Å². The molecule has 1 rings (SSSR count). The van der Waals surface area contributed by atoms with E-state index in [2.05, 4.69) is 11.1 Å².